The van der Waals surface area contributed by atoms with Crippen LogP contribution in [0.5, 0.6) is 0 Å². The smallest absolute Gasteiger partial charge is 0.255 e. The van der Waals surface area contributed by atoms with Gasteiger partial charge in [0, 0.05) is 36.6 Å². The van der Waals surface area contributed by atoms with Gasteiger partial charge in [-0.15, -0.1) is 0 Å². The molecule has 5 heteroatoms. The minimum atomic E-state index is -0.124. The fraction of sp³-hybridized carbons (Fsp3) is 0.476. The van der Waals surface area contributed by atoms with Gasteiger partial charge < -0.3 is 20.7 Å². The highest BCUT2D eigenvalue weighted by Gasteiger charge is 2.24. The Kier molecular flexibility index (Phi) is 7.00. The Labute approximate surface area is 156 Å². The van der Waals surface area contributed by atoms with Gasteiger partial charge in [-0.2, -0.15) is 0 Å². The lowest BCUT2D eigenvalue weighted by molar-refractivity contribution is -0.112. The molecular formula is C21H31N3O2. The number of nitrogens with zero attached hydrogens (tertiary/aromatic N) is 1. The Morgan fingerprint density at radius 1 is 1.27 bits per heavy atom. The summed E-state index contributed by atoms with van der Waals surface area (Å²) in [5.41, 5.74) is 10.3. The van der Waals surface area contributed by atoms with E-state index in [4.69, 9.17) is 10.5 Å². The summed E-state index contributed by atoms with van der Waals surface area (Å²) >= 11 is 0. The molecule has 2 unspecified atom stereocenters. The van der Waals surface area contributed by atoms with E-state index in [0.29, 0.717) is 12.1 Å². The largest absolute Gasteiger partial charge is 0.372 e. The van der Waals surface area contributed by atoms with Crippen LogP contribution in [-0.4, -0.2) is 37.7 Å². The SMILES string of the molecule is C/C=C(\C=C/CN)C(=O)Nc1cc(C)c(N2CC(C)OC(C)C2)cc1C. The second-order valence-corrected chi connectivity index (χ2v) is 6.95. The Morgan fingerprint density at radius 2 is 1.92 bits per heavy atom. The molecule has 1 aromatic rings. The van der Waals surface area contributed by atoms with Gasteiger partial charge >= 0.3 is 0 Å². The van der Waals surface area contributed by atoms with Crippen molar-refractivity contribution in [1.82, 2.24) is 0 Å². The van der Waals surface area contributed by atoms with Gasteiger partial charge in [0.15, 0.2) is 0 Å². The third-order valence-electron chi connectivity index (χ3n) is 4.56. The van der Waals surface area contributed by atoms with Crippen molar-refractivity contribution in [3.63, 3.8) is 0 Å². The number of carbonyl (C=O) groups is 1. The molecule has 0 aromatic heterocycles. The van der Waals surface area contributed by atoms with Crippen LogP contribution in [0.3, 0.4) is 0 Å². The molecular weight excluding hydrogens is 326 g/mol. The first-order valence-electron chi connectivity index (χ1n) is 9.21. The highest BCUT2D eigenvalue weighted by atomic mass is 16.5. The molecule has 0 spiro atoms. The summed E-state index contributed by atoms with van der Waals surface area (Å²) in [5, 5.41) is 3.02. The molecule has 0 aliphatic carbocycles. The number of morpholine rings is 1. The van der Waals surface area contributed by atoms with E-state index in [9.17, 15) is 4.79 Å². The standard InChI is InChI=1S/C21H31N3O2/c1-6-18(8-7-9-22)21(25)23-19-10-15(3)20(11-14(19)2)24-12-16(4)26-17(5)13-24/h6-8,10-11,16-17H,9,12-13,22H2,1-5H3,(H,23,25)/b8-7-,18-6+. The minimum Gasteiger partial charge on any atom is -0.372 e. The van der Waals surface area contributed by atoms with Gasteiger partial charge in [-0.05, 0) is 57.9 Å². The molecule has 0 saturated carbocycles. The van der Waals surface area contributed by atoms with Crippen LogP contribution in [0.25, 0.3) is 0 Å². The van der Waals surface area contributed by atoms with Crippen LogP contribution in [0.2, 0.25) is 0 Å². The van der Waals surface area contributed by atoms with Gasteiger partial charge in [0.05, 0.1) is 12.2 Å². The molecule has 1 amide bonds. The lowest BCUT2D eigenvalue weighted by atomic mass is 10.0. The summed E-state index contributed by atoms with van der Waals surface area (Å²) in [5.74, 6) is -0.124. The van der Waals surface area contributed by atoms with Crippen LogP contribution < -0.4 is 16.0 Å². The van der Waals surface area contributed by atoms with Crippen molar-refractivity contribution in [2.75, 3.05) is 29.9 Å². The molecule has 1 fully saturated rings. The van der Waals surface area contributed by atoms with Crippen molar-refractivity contribution < 1.29 is 9.53 Å². The average molecular weight is 357 g/mol. The molecule has 2 rings (SSSR count). The molecule has 26 heavy (non-hydrogen) atoms. The summed E-state index contributed by atoms with van der Waals surface area (Å²) < 4.78 is 5.83. The number of ether oxygens (including phenoxy) is 1. The normalized spacial score (nSPS) is 21.3. The maximum atomic E-state index is 12.5. The zero-order chi connectivity index (χ0) is 19.3. The number of nitrogens with one attached hydrogen (secondary N) is 1. The molecule has 1 aromatic carbocycles. The molecule has 5 nitrogen and oxygen atoms in total. The van der Waals surface area contributed by atoms with Crippen LogP contribution >= 0.6 is 0 Å². The second-order valence-electron chi connectivity index (χ2n) is 6.95. The summed E-state index contributed by atoms with van der Waals surface area (Å²) in [6.07, 6.45) is 5.74. The number of hydrogen-bond donors (Lipinski definition) is 2. The zero-order valence-corrected chi connectivity index (χ0v) is 16.5. The Morgan fingerprint density at radius 3 is 2.50 bits per heavy atom. The number of aryl methyl sites for hydroxylation is 2. The van der Waals surface area contributed by atoms with Crippen LogP contribution in [0.15, 0.2) is 35.9 Å². The number of anilines is 2. The predicted octanol–water partition coefficient (Wildman–Crippen LogP) is 3.32. The zero-order valence-electron chi connectivity index (χ0n) is 16.5. The van der Waals surface area contributed by atoms with Crippen LogP contribution in [0.4, 0.5) is 11.4 Å². The molecule has 1 aliphatic heterocycles. The van der Waals surface area contributed by atoms with E-state index in [1.165, 1.54) is 5.69 Å². The summed E-state index contributed by atoms with van der Waals surface area (Å²) in [7, 11) is 0. The lowest BCUT2D eigenvalue weighted by Crippen LogP contribution is -2.45. The van der Waals surface area contributed by atoms with E-state index >= 15 is 0 Å². The third kappa shape index (κ3) is 4.96. The van der Waals surface area contributed by atoms with Gasteiger partial charge in [-0.3, -0.25) is 4.79 Å². The minimum absolute atomic E-state index is 0.124. The highest BCUT2D eigenvalue weighted by molar-refractivity contribution is 6.06. The predicted molar refractivity (Wildman–Crippen MR) is 109 cm³/mol. The van der Waals surface area contributed by atoms with E-state index in [-0.39, 0.29) is 18.1 Å². The highest BCUT2D eigenvalue weighted by Crippen LogP contribution is 2.29. The molecule has 1 saturated heterocycles. The number of rotatable bonds is 5. The second kappa shape index (κ2) is 9.01. The molecule has 3 N–H and O–H groups in total. The van der Waals surface area contributed by atoms with Crippen LogP contribution in [0, 0.1) is 13.8 Å². The van der Waals surface area contributed by atoms with E-state index in [1.807, 2.05) is 19.9 Å². The van der Waals surface area contributed by atoms with Gasteiger partial charge in [0.25, 0.3) is 5.91 Å². The maximum absolute atomic E-state index is 12.5. The summed E-state index contributed by atoms with van der Waals surface area (Å²) in [4.78, 5) is 14.9. The van der Waals surface area contributed by atoms with Crippen molar-refractivity contribution in [2.24, 2.45) is 5.73 Å². The molecule has 142 valence electrons. The quantitative estimate of drug-likeness (QED) is 0.627. The Hall–Kier alpha value is -2.11. The van der Waals surface area contributed by atoms with E-state index in [2.05, 4.69) is 37.1 Å². The van der Waals surface area contributed by atoms with E-state index in [0.717, 1.165) is 29.9 Å². The van der Waals surface area contributed by atoms with Crippen molar-refractivity contribution in [3.8, 4) is 0 Å². The summed E-state index contributed by atoms with van der Waals surface area (Å²) in [6.45, 7) is 12.3. The first-order chi connectivity index (χ1) is 12.3. The Bertz CT molecular complexity index is 699. The first-order valence-corrected chi connectivity index (χ1v) is 9.21. The van der Waals surface area contributed by atoms with E-state index in [1.54, 1.807) is 18.2 Å². The number of benzene rings is 1. The van der Waals surface area contributed by atoms with Crippen molar-refractivity contribution in [2.45, 2.75) is 46.8 Å². The molecule has 1 heterocycles. The van der Waals surface area contributed by atoms with Gasteiger partial charge in [-0.25, -0.2) is 0 Å². The number of carbonyl (C=O) groups excluding carboxylic acids is 1. The number of allylic oxidation sites excluding steroid dienone is 1. The first kappa shape index (κ1) is 20.2. The number of nitrogens with two attached hydrogens (primary N) is 1. The summed E-state index contributed by atoms with van der Waals surface area (Å²) in [6, 6.07) is 4.20. The number of amides is 1. The molecule has 1 aliphatic rings. The van der Waals surface area contributed by atoms with Crippen molar-refractivity contribution in [3.05, 3.63) is 47.1 Å². The maximum Gasteiger partial charge on any atom is 0.255 e. The van der Waals surface area contributed by atoms with Crippen molar-refractivity contribution >= 4 is 17.3 Å². The van der Waals surface area contributed by atoms with Crippen molar-refractivity contribution in [1.29, 1.82) is 0 Å². The van der Waals surface area contributed by atoms with Gasteiger partial charge in [0.1, 0.15) is 0 Å². The van der Waals surface area contributed by atoms with Crippen LogP contribution in [-0.2, 0) is 9.53 Å². The topological polar surface area (TPSA) is 67.6 Å². The fourth-order valence-corrected chi connectivity index (χ4v) is 3.34. The van der Waals surface area contributed by atoms with Gasteiger partial charge in [0.2, 0.25) is 0 Å². The monoisotopic (exact) mass is 357 g/mol. The molecule has 0 radical (unpaired) electrons. The van der Waals surface area contributed by atoms with Gasteiger partial charge in [-0.1, -0.05) is 18.2 Å². The molecule has 2 atom stereocenters. The number of hydrogen-bond acceptors (Lipinski definition) is 4. The van der Waals surface area contributed by atoms with Crippen LogP contribution in [0.1, 0.15) is 31.9 Å². The van der Waals surface area contributed by atoms with E-state index < -0.39 is 0 Å². The fourth-order valence-electron chi connectivity index (χ4n) is 3.34. The lowest BCUT2D eigenvalue weighted by Gasteiger charge is -2.38. The molecule has 0 bridgehead atoms. The third-order valence-corrected chi connectivity index (χ3v) is 4.56. The average Bonchev–Trinajstić information content (AvgIpc) is 2.57. The Balaban J connectivity index is 2.21.